The van der Waals surface area contributed by atoms with E-state index in [1.54, 1.807) is 19.1 Å². The van der Waals surface area contributed by atoms with E-state index in [9.17, 15) is 4.79 Å². The highest BCUT2D eigenvalue weighted by Gasteiger charge is 2.01. The molecule has 0 radical (unpaired) electrons. The summed E-state index contributed by atoms with van der Waals surface area (Å²) in [5.74, 6) is 0.175. The third-order valence-corrected chi connectivity index (χ3v) is 1.22. The largest absolute Gasteiger partial charge is 0.299 e. The molecule has 0 N–H and O–H groups in total. The van der Waals surface area contributed by atoms with Crippen LogP contribution in [0.4, 0.5) is 0 Å². The van der Waals surface area contributed by atoms with Crippen LogP contribution < -0.4 is 0 Å². The number of rotatable bonds is 6. The van der Waals surface area contributed by atoms with Crippen molar-refractivity contribution in [2.45, 2.75) is 6.92 Å². The average Bonchev–Trinajstić information content (AvgIpc) is 1.87. The minimum atomic E-state index is 0.175. The molecular formula is C9H15NO. The maximum atomic E-state index is 10.7. The van der Waals surface area contributed by atoms with E-state index in [-0.39, 0.29) is 5.78 Å². The lowest BCUT2D eigenvalue weighted by molar-refractivity contribution is -0.117. The highest BCUT2D eigenvalue weighted by atomic mass is 16.1. The summed E-state index contributed by atoms with van der Waals surface area (Å²) in [6.45, 7) is 10.8. The van der Waals surface area contributed by atoms with Crippen LogP contribution >= 0.6 is 0 Å². The van der Waals surface area contributed by atoms with Gasteiger partial charge in [-0.1, -0.05) is 12.2 Å². The Kier molecular flexibility index (Phi) is 5.39. The first-order valence-electron chi connectivity index (χ1n) is 3.64. The molecule has 0 spiro atoms. The van der Waals surface area contributed by atoms with Gasteiger partial charge in [-0.2, -0.15) is 0 Å². The van der Waals surface area contributed by atoms with E-state index >= 15 is 0 Å². The molecular weight excluding hydrogens is 138 g/mol. The summed E-state index contributed by atoms with van der Waals surface area (Å²) in [5.41, 5.74) is 0. The van der Waals surface area contributed by atoms with Gasteiger partial charge in [-0.05, 0) is 6.92 Å². The number of hydrogen-bond donors (Lipinski definition) is 0. The zero-order chi connectivity index (χ0) is 8.69. The summed E-state index contributed by atoms with van der Waals surface area (Å²) in [6.07, 6.45) is 3.57. The van der Waals surface area contributed by atoms with Crippen LogP contribution in [0.3, 0.4) is 0 Å². The van der Waals surface area contributed by atoms with Crippen LogP contribution in [-0.4, -0.2) is 30.3 Å². The van der Waals surface area contributed by atoms with E-state index in [0.29, 0.717) is 6.54 Å². The van der Waals surface area contributed by atoms with Gasteiger partial charge in [-0.3, -0.25) is 9.69 Å². The number of nitrogens with zero attached hydrogens (tertiary/aromatic N) is 1. The van der Waals surface area contributed by atoms with Gasteiger partial charge in [-0.15, -0.1) is 13.2 Å². The normalized spacial score (nSPS) is 9.64. The molecule has 0 fully saturated rings. The molecule has 0 atom stereocenters. The summed E-state index contributed by atoms with van der Waals surface area (Å²) in [5, 5.41) is 0. The molecule has 11 heavy (non-hydrogen) atoms. The predicted molar refractivity (Wildman–Crippen MR) is 47.5 cm³/mol. The van der Waals surface area contributed by atoms with Crippen LogP contribution in [0.25, 0.3) is 0 Å². The number of carbonyl (C=O) groups excluding carboxylic acids is 1. The monoisotopic (exact) mass is 153 g/mol. The van der Waals surface area contributed by atoms with E-state index < -0.39 is 0 Å². The summed E-state index contributed by atoms with van der Waals surface area (Å²) in [4.78, 5) is 12.7. The van der Waals surface area contributed by atoms with Gasteiger partial charge >= 0.3 is 0 Å². The van der Waals surface area contributed by atoms with Crippen molar-refractivity contribution >= 4 is 5.78 Å². The van der Waals surface area contributed by atoms with Crippen molar-refractivity contribution in [1.29, 1.82) is 0 Å². The SMILES string of the molecule is C=CCN(CC=C)CC(C)=O. The van der Waals surface area contributed by atoms with Gasteiger partial charge in [-0.25, -0.2) is 0 Å². The zero-order valence-corrected chi connectivity index (χ0v) is 7.05. The smallest absolute Gasteiger partial charge is 0.143 e. The molecule has 2 nitrogen and oxygen atoms in total. The number of hydrogen-bond acceptors (Lipinski definition) is 2. The third-order valence-electron chi connectivity index (χ3n) is 1.22. The van der Waals surface area contributed by atoms with Crippen molar-refractivity contribution in [2.75, 3.05) is 19.6 Å². The third kappa shape index (κ3) is 5.55. The van der Waals surface area contributed by atoms with Crippen molar-refractivity contribution in [3.8, 4) is 0 Å². The van der Waals surface area contributed by atoms with E-state index in [1.807, 2.05) is 4.90 Å². The van der Waals surface area contributed by atoms with Crippen molar-refractivity contribution in [3.63, 3.8) is 0 Å². The molecule has 0 saturated carbocycles. The Hall–Kier alpha value is -0.890. The topological polar surface area (TPSA) is 20.3 Å². The second-order valence-electron chi connectivity index (χ2n) is 2.47. The molecule has 2 heteroatoms. The minimum absolute atomic E-state index is 0.175. The lowest BCUT2D eigenvalue weighted by Crippen LogP contribution is -2.28. The molecule has 0 amide bonds. The molecule has 0 saturated heterocycles. The Balaban J connectivity index is 3.76. The van der Waals surface area contributed by atoms with Gasteiger partial charge < -0.3 is 0 Å². The van der Waals surface area contributed by atoms with Crippen LogP contribution in [0, 0.1) is 0 Å². The molecule has 0 bridgehead atoms. The van der Waals surface area contributed by atoms with Gasteiger partial charge in [0.05, 0.1) is 6.54 Å². The molecule has 0 heterocycles. The van der Waals surface area contributed by atoms with Gasteiger partial charge in [0, 0.05) is 13.1 Å². The number of ketones is 1. The van der Waals surface area contributed by atoms with Gasteiger partial charge in [0.25, 0.3) is 0 Å². The van der Waals surface area contributed by atoms with Crippen LogP contribution in [0.2, 0.25) is 0 Å². The lowest BCUT2D eigenvalue weighted by Gasteiger charge is -2.15. The second-order valence-corrected chi connectivity index (χ2v) is 2.47. The fourth-order valence-electron chi connectivity index (χ4n) is 0.884. The van der Waals surface area contributed by atoms with Gasteiger partial charge in [0.1, 0.15) is 5.78 Å². The average molecular weight is 153 g/mol. The van der Waals surface area contributed by atoms with Crippen molar-refractivity contribution in [3.05, 3.63) is 25.3 Å². The van der Waals surface area contributed by atoms with E-state index in [0.717, 1.165) is 13.1 Å². The molecule has 0 aliphatic rings. The standard InChI is InChI=1S/C9H15NO/c1-4-6-10(7-5-2)8-9(3)11/h4-5H,1-2,6-8H2,3H3. The Morgan fingerprint density at radius 3 is 2.09 bits per heavy atom. The van der Waals surface area contributed by atoms with Crippen molar-refractivity contribution < 1.29 is 4.79 Å². The maximum absolute atomic E-state index is 10.7. The first-order valence-corrected chi connectivity index (χ1v) is 3.64. The summed E-state index contributed by atoms with van der Waals surface area (Å²) < 4.78 is 0. The maximum Gasteiger partial charge on any atom is 0.143 e. The Morgan fingerprint density at radius 1 is 1.36 bits per heavy atom. The molecule has 0 aromatic rings. The summed E-state index contributed by atoms with van der Waals surface area (Å²) >= 11 is 0. The second kappa shape index (κ2) is 5.86. The van der Waals surface area contributed by atoms with Gasteiger partial charge in [0.2, 0.25) is 0 Å². The van der Waals surface area contributed by atoms with E-state index in [1.165, 1.54) is 0 Å². The quantitative estimate of drug-likeness (QED) is 0.535. The van der Waals surface area contributed by atoms with Crippen molar-refractivity contribution in [1.82, 2.24) is 4.90 Å². The molecule has 0 aliphatic carbocycles. The highest BCUT2D eigenvalue weighted by Crippen LogP contribution is 1.88. The molecule has 0 unspecified atom stereocenters. The molecule has 62 valence electrons. The molecule has 0 aromatic heterocycles. The van der Waals surface area contributed by atoms with Crippen LogP contribution in [0.1, 0.15) is 6.92 Å². The number of Topliss-reactive ketones (excluding diaryl/α,β-unsaturated/α-hetero) is 1. The zero-order valence-electron chi connectivity index (χ0n) is 7.05. The predicted octanol–water partition coefficient (Wildman–Crippen LogP) is 1.25. The highest BCUT2D eigenvalue weighted by molar-refractivity contribution is 5.77. The lowest BCUT2D eigenvalue weighted by atomic mass is 10.3. The van der Waals surface area contributed by atoms with Crippen LogP contribution in [0.5, 0.6) is 0 Å². The fraction of sp³-hybridized carbons (Fsp3) is 0.444. The molecule has 0 rings (SSSR count). The Bertz CT molecular complexity index is 142. The molecule has 0 aliphatic heterocycles. The number of carbonyl (C=O) groups is 1. The summed E-state index contributed by atoms with van der Waals surface area (Å²) in [7, 11) is 0. The Morgan fingerprint density at radius 2 is 1.82 bits per heavy atom. The first-order chi connectivity index (χ1) is 5.20. The van der Waals surface area contributed by atoms with E-state index in [4.69, 9.17) is 0 Å². The minimum Gasteiger partial charge on any atom is -0.299 e. The van der Waals surface area contributed by atoms with Crippen LogP contribution in [-0.2, 0) is 4.79 Å². The Labute approximate surface area is 68.2 Å². The van der Waals surface area contributed by atoms with Crippen LogP contribution in [0.15, 0.2) is 25.3 Å². The van der Waals surface area contributed by atoms with Crippen molar-refractivity contribution in [2.24, 2.45) is 0 Å². The van der Waals surface area contributed by atoms with E-state index in [2.05, 4.69) is 13.2 Å². The molecule has 0 aromatic carbocycles. The summed E-state index contributed by atoms with van der Waals surface area (Å²) in [6, 6.07) is 0. The fourth-order valence-corrected chi connectivity index (χ4v) is 0.884. The first kappa shape index (κ1) is 10.1. The van der Waals surface area contributed by atoms with Gasteiger partial charge in [0.15, 0.2) is 0 Å².